The predicted molar refractivity (Wildman–Crippen MR) is 73.0 cm³/mol. The van der Waals surface area contributed by atoms with Crippen molar-refractivity contribution in [3.8, 4) is 0 Å². The Morgan fingerprint density at radius 3 is 2.94 bits per heavy atom. The van der Waals surface area contributed by atoms with Crippen molar-refractivity contribution in [3.63, 3.8) is 0 Å². The number of anilines is 1. The van der Waals surface area contributed by atoms with Crippen LogP contribution >= 0.6 is 11.8 Å². The fraction of sp³-hybridized carbons (Fsp3) is 0.400. The standard InChI is InChI=1S/C10H14N4O2S2/c1-11-8-7-14-4-3-12-9(14)10(13-8)17-5-6-18(2,15)16/h3-4,7,11H,5-6H2,1-2H3. The first-order chi connectivity index (χ1) is 8.49. The summed E-state index contributed by atoms with van der Waals surface area (Å²) in [6, 6.07) is 0. The lowest BCUT2D eigenvalue weighted by molar-refractivity contribution is 0.603. The summed E-state index contributed by atoms with van der Waals surface area (Å²) < 4.78 is 24.0. The van der Waals surface area contributed by atoms with Crippen molar-refractivity contribution < 1.29 is 8.42 Å². The van der Waals surface area contributed by atoms with Gasteiger partial charge in [-0.25, -0.2) is 18.4 Å². The molecule has 18 heavy (non-hydrogen) atoms. The van der Waals surface area contributed by atoms with Crippen LogP contribution in [0.15, 0.2) is 23.6 Å². The van der Waals surface area contributed by atoms with E-state index in [2.05, 4.69) is 15.3 Å². The van der Waals surface area contributed by atoms with Crippen LogP contribution in [0.4, 0.5) is 5.82 Å². The van der Waals surface area contributed by atoms with Gasteiger partial charge in [-0.1, -0.05) is 0 Å². The zero-order valence-corrected chi connectivity index (χ0v) is 11.8. The summed E-state index contributed by atoms with van der Waals surface area (Å²) in [7, 11) is -1.15. The van der Waals surface area contributed by atoms with Gasteiger partial charge in [0.15, 0.2) is 5.65 Å². The lowest BCUT2D eigenvalue weighted by Gasteiger charge is -2.06. The maximum Gasteiger partial charge on any atom is 0.169 e. The molecule has 0 fully saturated rings. The van der Waals surface area contributed by atoms with E-state index < -0.39 is 9.84 Å². The molecule has 0 amide bonds. The molecule has 0 spiro atoms. The smallest absolute Gasteiger partial charge is 0.169 e. The van der Waals surface area contributed by atoms with E-state index in [4.69, 9.17) is 0 Å². The molecule has 0 aliphatic carbocycles. The molecule has 0 saturated carbocycles. The van der Waals surface area contributed by atoms with Crippen molar-refractivity contribution in [2.45, 2.75) is 5.03 Å². The quantitative estimate of drug-likeness (QED) is 0.823. The molecule has 2 aromatic heterocycles. The number of nitrogens with zero attached hydrogens (tertiary/aromatic N) is 3. The number of imidazole rings is 1. The molecule has 0 bridgehead atoms. The number of thioether (sulfide) groups is 1. The second-order valence-corrected chi connectivity index (χ2v) is 7.16. The van der Waals surface area contributed by atoms with Gasteiger partial charge >= 0.3 is 0 Å². The van der Waals surface area contributed by atoms with E-state index in [0.717, 1.165) is 16.5 Å². The summed E-state index contributed by atoms with van der Waals surface area (Å²) in [6.07, 6.45) is 6.59. The van der Waals surface area contributed by atoms with Gasteiger partial charge in [0.1, 0.15) is 20.7 Å². The minimum absolute atomic E-state index is 0.135. The van der Waals surface area contributed by atoms with Gasteiger partial charge in [-0.15, -0.1) is 11.8 Å². The van der Waals surface area contributed by atoms with Gasteiger partial charge in [0.05, 0.1) is 11.9 Å². The first kappa shape index (κ1) is 13.2. The molecule has 2 rings (SSSR count). The van der Waals surface area contributed by atoms with Gasteiger partial charge in [-0.3, -0.25) is 0 Å². The molecule has 1 N–H and O–H groups in total. The van der Waals surface area contributed by atoms with E-state index in [1.807, 2.05) is 16.8 Å². The molecule has 6 nitrogen and oxygen atoms in total. The van der Waals surface area contributed by atoms with Crippen LogP contribution in [0.25, 0.3) is 5.65 Å². The van der Waals surface area contributed by atoms with Crippen molar-refractivity contribution in [1.29, 1.82) is 0 Å². The monoisotopic (exact) mass is 286 g/mol. The topological polar surface area (TPSA) is 76.4 Å². The highest BCUT2D eigenvalue weighted by molar-refractivity contribution is 8.00. The molecule has 0 saturated heterocycles. The average Bonchev–Trinajstić information content (AvgIpc) is 2.75. The SMILES string of the molecule is CNc1cn2ccnc2c(SCCS(C)(=O)=O)n1. The number of hydrogen-bond acceptors (Lipinski definition) is 6. The molecule has 0 unspecified atom stereocenters. The number of sulfone groups is 1. The Bertz CT molecular complexity index is 651. The number of aromatic nitrogens is 3. The Morgan fingerprint density at radius 2 is 2.28 bits per heavy atom. The highest BCUT2D eigenvalue weighted by Gasteiger charge is 2.09. The first-order valence-corrected chi connectivity index (χ1v) is 8.36. The van der Waals surface area contributed by atoms with Crippen molar-refractivity contribution in [2.24, 2.45) is 0 Å². The third-order valence-electron chi connectivity index (χ3n) is 2.29. The van der Waals surface area contributed by atoms with Crippen LogP contribution in [0.3, 0.4) is 0 Å². The Morgan fingerprint density at radius 1 is 1.50 bits per heavy atom. The lowest BCUT2D eigenvalue weighted by atomic mass is 10.6. The fourth-order valence-electron chi connectivity index (χ4n) is 1.41. The van der Waals surface area contributed by atoms with Gasteiger partial charge in [0, 0.05) is 31.4 Å². The Hall–Kier alpha value is -1.28. The van der Waals surface area contributed by atoms with Crippen molar-refractivity contribution in [3.05, 3.63) is 18.6 Å². The van der Waals surface area contributed by atoms with Crippen LogP contribution in [0, 0.1) is 0 Å². The van der Waals surface area contributed by atoms with Crippen molar-refractivity contribution >= 4 is 33.1 Å². The third kappa shape index (κ3) is 3.14. The van der Waals surface area contributed by atoms with E-state index in [1.165, 1.54) is 18.0 Å². The van der Waals surface area contributed by atoms with Crippen LogP contribution < -0.4 is 5.32 Å². The predicted octanol–water partition coefficient (Wildman–Crippen LogP) is 0.908. The van der Waals surface area contributed by atoms with E-state index in [1.54, 1.807) is 13.2 Å². The summed E-state index contributed by atoms with van der Waals surface area (Å²) in [5.41, 5.74) is 0.743. The highest BCUT2D eigenvalue weighted by Crippen LogP contribution is 2.22. The minimum Gasteiger partial charge on any atom is -0.372 e. The molecule has 0 radical (unpaired) electrons. The van der Waals surface area contributed by atoms with E-state index in [9.17, 15) is 8.42 Å². The largest absolute Gasteiger partial charge is 0.372 e. The van der Waals surface area contributed by atoms with E-state index >= 15 is 0 Å². The zero-order valence-electron chi connectivity index (χ0n) is 10.1. The summed E-state index contributed by atoms with van der Waals surface area (Å²) >= 11 is 1.40. The Kier molecular flexibility index (Phi) is 3.76. The summed E-state index contributed by atoms with van der Waals surface area (Å²) in [5, 5.41) is 3.70. The van der Waals surface area contributed by atoms with Crippen LogP contribution in [0.2, 0.25) is 0 Å². The third-order valence-corrected chi connectivity index (χ3v) is 4.45. The summed E-state index contributed by atoms with van der Waals surface area (Å²) in [5.74, 6) is 1.33. The Balaban J connectivity index is 2.23. The fourth-order valence-corrected chi connectivity index (χ4v) is 3.60. The van der Waals surface area contributed by atoms with Gasteiger partial charge in [0.25, 0.3) is 0 Å². The van der Waals surface area contributed by atoms with Crippen LogP contribution in [0.1, 0.15) is 0 Å². The second-order valence-electron chi connectivity index (χ2n) is 3.82. The maximum absolute atomic E-state index is 11.1. The van der Waals surface area contributed by atoms with Crippen molar-refractivity contribution in [1.82, 2.24) is 14.4 Å². The van der Waals surface area contributed by atoms with Gasteiger partial charge in [0.2, 0.25) is 0 Å². The molecule has 2 aromatic rings. The number of hydrogen-bond donors (Lipinski definition) is 1. The number of rotatable bonds is 5. The molecular weight excluding hydrogens is 272 g/mol. The normalized spacial score (nSPS) is 11.9. The van der Waals surface area contributed by atoms with Gasteiger partial charge in [-0.05, 0) is 0 Å². The van der Waals surface area contributed by atoms with Crippen LogP contribution in [0.5, 0.6) is 0 Å². The minimum atomic E-state index is -2.94. The lowest BCUT2D eigenvalue weighted by Crippen LogP contribution is -2.06. The molecule has 0 aliphatic heterocycles. The molecule has 0 aromatic carbocycles. The van der Waals surface area contributed by atoms with E-state index in [-0.39, 0.29) is 5.75 Å². The zero-order chi connectivity index (χ0) is 13.2. The molecule has 0 aliphatic rings. The van der Waals surface area contributed by atoms with Gasteiger partial charge in [-0.2, -0.15) is 0 Å². The second kappa shape index (κ2) is 5.15. The average molecular weight is 286 g/mol. The molecule has 2 heterocycles. The number of nitrogens with one attached hydrogen (secondary N) is 1. The van der Waals surface area contributed by atoms with Crippen molar-refractivity contribution in [2.75, 3.05) is 30.1 Å². The highest BCUT2D eigenvalue weighted by atomic mass is 32.2. The summed E-state index contributed by atoms with van der Waals surface area (Å²) in [6.45, 7) is 0. The molecule has 0 atom stereocenters. The van der Waals surface area contributed by atoms with Crippen LogP contribution in [-0.2, 0) is 9.84 Å². The first-order valence-electron chi connectivity index (χ1n) is 5.31. The molecule has 98 valence electrons. The molecule has 8 heteroatoms. The van der Waals surface area contributed by atoms with E-state index in [0.29, 0.717) is 5.75 Å². The number of fused-ring (bicyclic) bond motifs is 1. The maximum atomic E-state index is 11.1. The molecular formula is C10H14N4O2S2. The summed E-state index contributed by atoms with van der Waals surface area (Å²) in [4.78, 5) is 8.60. The Labute approximate surface area is 110 Å². The van der Waals surface area contributed by atoms with Crippen LogP contribution in [-0.4, -0.2) is 47.6 Å². The van der Waals surface area contributed by atoms with Gasteiger partial charge < -0.3 is 9.72 Å².